The molecule has 8 nitrogen and oxygen atoms in total. The van der Waals surface area contributed by atoms with Crippen molar-refractivity contribution < 1.29 is 14.3 Å². The highest BCUT2D eigenvalue weighted by Crippen LogP contribution is 2.24. The van der Waals surface area contributed by atoms with Crippen LogP contribution >= 0.6 is 0 Å². The van der Waals surface area contributed by atoms with Crippen LogP contribution in [0.4, 0.5) is 0 Å². The van der Waals surface area contributed by atoms with Gasteiger partial charge in [-0.25, -0.2) is 9.97 Å². The molecular formula is C27H31N5O3. The van der Waals surface area contributed by atoms with Crippen LogP contribution in [0.15, 0.2) is 48.7 Å². The predicted octanol–water partition coefficient (Wildman–Crippen LogP) is 3.23. The number of rotatable bonds is 7. The van der Waals surface area contributed by atoms with Gasteiger partial charge in [0.15, 0.2) is 0 Å². The smallest absolute Gasteiger partial charge is 0.269 e. The summed E-state index contributed by atoms with van der Waals surface area (Å²) >= 11 is 0. The molecular weight excluding hydrogens is 442 g/mol. The molecule has 1 aliphatic heterocycles. The Kier molecular flexibility index (Phi) is 7.70. The Morgan fingerprint density at radius 1 is 1.14 bits per heavy atom. The summed E-state index contributed by atoms with van der Waals surface area (Å²) in [4.78, 5) is 40.5. The van der Waals surface area contributed by atoms with Gasteiger partial charge in [-0.2, -0.15) is 0 Å². The number of hydrogen-bond donors (Lipinski definition) is 1. The molecule has 2 amide bonds. The van der Waals surface area contributed by atoms with Gasteiger partial charge in [-0.1, -0.05) is 18.2 Å². The van der Waals surface area contributed by atoms with Crippen LogP contribution in [0.1, 0.15) is 56.5 Å². The van der Waals surface area contributed by atoms with Crippen LogP contribution in [0.2, 0.25) is 0 Å². The number of benzene rings is 1. The molecule has 0 spiro atoms. The Bertz CT molecular complexity index is 1210. The van der Waals surface area contributed by atoms with Crippen molar-refractivity contribution in [2.24, 2.45) is 5.92 Å². The van der Waals surface area contributed by atoms with E-state index in [0.717, 1.165) is 42.1 Å². The lowest BCUT2D eigenvalue weighted by Crippen LogP contribution is -2.40. The zero-order chi connectivity index (χ0) is 24.8. The lowest BCUT2D eigenvalue weighted by molar-refractivity contribution is 0.0672. The number of hydrogen-bond acceptors (Lipinski definition) is 6. The van der Waals surface area contributed by atoms with Gasteiger partial charge in [0, 0.05) is 55.3 Å². The fourth-order valence-corrected chi connectivity index (χ4v) is 4.62. The number of aryl methyl sites for hydroxylation is 1. The average Bonchev–Trinajstić information content (AvgIpc) is 2.88. The molecule has 182 valence electrons. The van der Waals surface area contributed by atoms with Crippen LogP contribution in [0.5, 0.6) is 5.75 Å². The van der Waals surface area contributed by atoms with E-state index < -0.39 is 0 Å². The van der Waals surface area contributed by atoms with E-state index in [-0.39, 0.29) is 17.7 Å². The monoisotopic (exact) mass is 473 g/mol. The quantitative estimate of drug-likeness (QED) is 0.566. The van der Waals surface area contributed by atoms with Crippen LogP contribution < -0.4 is 10.1 Å². The molecule has 1 fully saturated rings. The summed E-state index contributed by atoms with van der Waals surface area (Å²) in [6.45, 7) is 3.17. The van der Waals surface area contributed by atoms with E-state index in [9.17, 15) is 9.59 Å². The Hall–Kier alpha value is -3.81. The molecule has 1 atom stereocenters. The highest BCUT2D eigenvalue weighted by Gasteiger charge is 2.26. The number of nitrogens with one attached hydrogen (secondary N) is 1. The number of para-hydroxylation sites is 1. The zero-order valence-corrected chi connectivity index (χ0v) is 20.5. The first-order valence-electron chi connectivity index (χ1n) is 11.9. The van der Waals surface area contributed by atoms with Gasteiger partial charge < -0.3 is 15.0 Å². The van der Waals surface area contributed by atoms with Crippen LogP contribution in [-0.2, 0) is 12.8 Å². The topological polar surface area (TPSA) is 97.3 Å². The number of carbonyl (C=O) groups excluding carboxylic acids is 2. The standard InChI is InChI=1S/C27H31N5O3/c1-18-30-23(16-24(31-18)26(33)28-2)13-19-7-6-12-32(17-19)27(34)21-10-11-29-22(15-21)14-20-8-4-5-9-25(20)35-3/h4-5,8-11,15-16,19H,6-7,12-14,17H2,1-3H3,(H,28,33). The molecule has 0 bridgehead atoms. The second-order valence-electron chi connectivity index (χ2n) is 8.86. The molecule has 4 rings (SSSR count). The molecule has 1 aromatic carbocycles. The fraction of sp³-hybridized carbons (Fsp3) is 0.370. The third kappa shape index (κ3) is 6.01. The highest BCUT2D eigenvalue weighted by atomic mass is 16.5. The minimum absolute atomic E-state index is 0.0169. The molecule has 0 saturated carbocycles. The number of piperidine rings is 1. The van der Waals surface area contributed by atoms with Gasteiger partial charge in [0.2, 0.25) is 0 Å². The summed E-state index contributed by atoms with van der Waals surface area (Å²) < 4.78 is 5.45. The normalized spacial score (nSPS) is 15.5. The number of amides is 2. The van der Waals surface area contributed by atoms with E-state index in [1.165, 1.54) is 0 Å². The van der Waals surface area contributed by atoms with Crippen molar-refractivity contribution in [1.82, 2.24) is 25.2 Å². The Balaban J connectivity index is 1.45. The Morgan fingerprint density at radius 3 is 2.77 bits per heavy atom. The molecule has 2 aromatic heterocycles. The lowest BCUT2D eigenvalue weighted by atomic mass is 9.92. The molecule has 0 radical (unpaired) electrons. The second kappa shape index (κ2) is 11.1. The first-order valence-corrected chi connectivity index (χ1v) is 11.9. The van der Waals surface area contributed by atoms with E-state index in [2.05, 4.69) is 20.3 Å². The zero-order valence-electron chi connectivity index (χ0n) is 20.5. The first-order chi connectivity index (χ1) is 17.0. The molecule has 3 aromatic rings. The van der Waals surface area contributed by atoms with E-state index in [1.807, 2.05) is 35.2 Å². The van der Waals surface area contributed by atoms with E-state index >= 15 is 0 Å². The van der Waals surface area contributed by atoms with E-state index in [0.29, 0.717) is 36.5 Å². The maximum Gasteiger partial charge on any atom is 0.269 e. The first kappa shape index (κ1) is 24.3. The Labute approximate surface area is 205 Å². The summed E-state index contributed by atoms with van der Waals surface area (Å²) in [5.74, 6) is 1.45. The van der Waals surface area contributed by atoms with Crippen molar-refractivity contribution in [2.75, 3.05) is 27.2 Å². The van der Waals surface area contributed by atoms with E-state index in [4.69, 9.17) is 4.74 Å². The van der Waals surface area contributed by atoms with Crippen molar-refractivity contribution in [3.05, 3.63) is 82.7 Å². The van der Waals surface area contributed by atoms with Gasteiger partial charge in [0.25, 0.3) is 11.8 Å². The number of likely N-dealkylation sites (tertiary alicyclic amines) is 1. The van der Waals surface area contributed by atoms with Gasteiger partial charge in [-0.05, 0) is 56.4 Å². The van der Waals surface area contributed by atoms with Crippen molar-refractivity contribution >= 4 is 11.8 Å². The van der Waals surface area contributed by atoms with Crippen molar-refractivity contribution in [3.63, 3.8) is 0 Å². The number of carbonyl (C=O) groups is 2. The maximum atomic E-state index is 13.4. The largest absolute Gasteiger partial charge is 0.496 e. The molecule has 35 heavy (non-hydrogen) atoms. The van der Waals surface area contributed by atoms with E-state index in [1.54, 1.807) is 39.4 Å². The minimum Gasteiger partial charge on any atom is -0.496 e. The summed E-state index contributed by atoms with van der Waals surface area (Å²) in [6, 6.07) is 13.2. The minimum atomic E-state index is -0.223. The summed E-state index contributed by atoms with van der Waals surface area (Å²) in [7, 11) is 3.24. The second-order valence-corrected chi connectivity index (χ2v) is 8.86. The summed E-state index contributed by atoms with van der Waals surface area (Å²) in [6.07, 6.45) is 4.93. The predicted molar refractivity (Wildman–Crippen MR) is 133 cm³/mol. The van der Waals surface area contributed by atoms with Crippen molar-refractivity contribution in [3.8, 4) is 5.75 Å². The van der Waals surface area contributed by atoms with Crippen LogP contribution in [0.25, 0.3) is 0 Å². The van der Waals surface area contributed by atoms with Crippen LogP contribution in [-0.4, -0.2) is 58.9 Å². The van der Waals surface area contributed by atoms with Crippen molar-refractivity contribution in [1.29, 1.82) is 0 Å². The molecule has 1 N–H and O–H groups in total. The molecule has 8 heteroatoms. The van der Waals surface area contributed by atoms with Gasteiger partial charge in [0.05, 0.1) is 7.11 Å². The average molecular weight is 474 g/mol. The molecule has 3 heterocycles. The molecule has 0 aliphatic carbocycles. The molecule has 1 aliphatic rings. The third-order valence-electron chi connectivity index (χ3n) is 6.28. The fourth-order valence-electron chi connectivity index (χ4n) is 4.62. The number of pyridine rings is 1. The van der Waals surface area contributed by atoms with Crippen molar-refractivity contribution in [2.45, 2.75) is 32.6 Å². The van der Waals surface area contributed by atoms with Crippen LogP contribution in [0.3, 0.4) is 0 Å². The molecule has 1 unspecified atom stereocenters. The van der Waals surface area contributed by atoms with Gasteiger partial charge in [-0.15, -0.1) is 0 Å². The number of aromatic nitrogens is 3. The summed E-state index contributed by atoms with van der Waals surface area (Å²) in [5, 5.41) is 2.61. The van der Waals surface area contributed by atoms with Gasteiger partial charge >= 0.3 is 0 Å². The number of methoxy groups -OCH3 is 1. The number of nitrogens with zero attached hydrogens (tertiary/aromatic N) is 4. The lowest BCUT2D eigenvalue weighted by Gasteiger charge is -2.33. The maximum absolute atomic E-state index is 13.4. The third-order valence-corrected chi connectivity index (χ3v) is 6.28. The number of ether oxygens (including phenoxy) is 1. The summed E-state index contributed by atoms with van der Waals surface area (Å²) in [5.41, 5.74) is 3.70. The highest BCUT2D eigenvalue weighted by molar-refractivity contribution is 5.94. The van der Waals surface area contributed by atoms with Crippen LogP contribution in [0, 0.1) is 12.8 Å². The Morgan fingerprint density at radius 2 is 1.97 bits per heavy atom. The molecule has 1 saturated heterocycles. The van der Waals surface area contributed by atoms with Gasteiger partial charge in [0.1, 0.15) is 17.3 Å². The SMILES string of the molecule is CNC(=O)c1cc(CC2CCCN(C(=O)c3ccnc(Cc4ccccc4OC)c3)C2)nc(C)n1. The van der Waals surface area contributed by atoms with Gasteiger partial charge in [-0.3, -0.25) is 14.6 Å².